The Labute approximate surface area is 124 Å². The molecule has 0 saturated carbocycles. The average Bonchev–Trinajstić information content (AvgIpc) is 2.91. The van der Waals surface area contributed by atoms with Crippen LogP contribution in [0.3, 0.4) is 0 Å². The molecule has 1 N–H and O–H groups in total. The van der Waals surface area contributed by atoms with Crippen molar-refractivity contribution >= 4 is 17.2 Å². The molecule has 0 aliphatic heterocycles. The van der Waals surface area contributed by atoms with Crippen LogP contribution in [0.5, 0.6) is 0 Å². The Morgan fingerprint density at radius 3 is 2.70 bits per heavy atom. The highest BCUT2D eigenvalue weighted by molar-refractivity contribution is 7.09. The van der Waals surface area contributed by atoms with Crippen molar-refractivity contribution in [3.63, 3.8) is 0 Å². The molecule has 4 heteroatoms. The third-order valence-electron chi connectivity index (χ3n) is 3.15. The minimum atomic E-state index is -0.0241. The number of benzene rings is 1. The van der Waals surface area contributed by atoms with E-state index in [1.165, 1.54) is 0 Å². The molecule has 1 aromatic carbocycles. The van der Waals surface area contributed by atoms with E-state index < -0.39 is 0 Å². The number of hydrogen-bond donors (Lipinski definition) is 1. The lowest BCUT2D eigenvalue weighted by Crippen LogP contribution is -2.30. The van der Waals surface area contributed by atoms with Crippen molar-refractivity contribution in [1.82, 2.24) is 10.3 Å². The maximum absolute atomic E-state index is 12.4. The second-order valence-electron chi connectivity index (χ2n) is 5.34. The molecule has 106 valence electrons. The van der Waals surface area contributed by atoms with Crippen LogP contribution in [0.4, 0.5) is 0 Å². The van der Waals surface area contributed by atoms with E-state index in [2.05, 4.69) is 24.1 Å². The van der Waals surface area contributed by atoms with Gasteiger partial charge in [0.25, 0.3) is 5.91 Å². The first-order valence-electron chi connectivity index (χ1n) is 6.83. The minimum Gasteiger partial charge on any atom is -0.343 e. The smallest absolute Gasteiger partial charge is 0.252 e. The van der Waals surface area contributed by atoms with Gasteiger partial charge in [-0.05, 0) is 30.9 Å². The molecule has 0 saturated heterocycles. The zero-order valence-electron chi connectivity index (χ0n) is 12.1. The molecule has 0 bridgehead atoms. The molecule has 20 heavy (non-hydrogen) atoms. The van der Waals surface area contributed by atoms with Crippen LogP contribution in [0, 0.1) is 12.8 Å². The average molecular weight is 288 g/mol. The van der Waals surface area contributed by atoms with Gasteiger partial charge in [-0.3, -0.25) is 4.79 Å². The zero-order chi connectivity index (χ0) is 14.5. The monoisotopic (exact) mass is 288 g/mol. The highest BCUT2D eigenvalue weighted by Gasteiger charge is 2.19. The predicted octanol–water partition coefficient (Wildman–Crippen LogP) is 3.97. The number of amides is 1. The summed E-state index contributed by atoms with van der Waals surface area (Å²) in [5.41, 5.74) is 1.73. The van der Waals surface area contributed by atoms with E-state index >= 15 is 0 Å². The second kappa shape index (κ2) is 6.66. The quantitative estimate of drug-likeness (QED) is 0.904. The fourth-order valence-corrected chi connectivity index (χ4v) is 2.87. The molecule has 0 radical (unpaired) electrons. The van der Waals surface area contributed by atoms with Crippen LogP contribution in [-0.2, 0) is 0 Å². The minimum absolute atomic E-state index is 0.0119. The van der Waals surface area contributed by atoms with Gasteiger partial charge >= 0.3 is 0 Å². The number of aromatic nitrogens is 1. The van der Waals surface area contributed by atoms with Gasteiger partial charge in [0, 0.05) is 17.1 Å². The van der Waals surface area contributed by atoms with Crippen LogP contribution in [0.15, 0.2) is 35.8 Å². The highest BCUT2D eigenvalue weighted by Crippen LogP contribution is 2.23. The first-order valence-corrected chi connectivity index (χ1v) is 7.71. The standard InChI is InChI=1S/C16H20N2OS/c1-11(2)10-14(16-17-8-9-20-16)18-15(19)13-7-5-4-6-12(13)3/h4-9,11,14H,10H2,1-3H3,(H,18,19). The number of nitrogens with zero attached hydrogens (tertiary/aromatic N) is 1. The molecule has 0 aliphatic rings. The molecule has 2 aromatic rings. The number of thiazole rings is 1. The van der Waals surface area contributed by atoms with Crippen LogP contribution in [0.2, 0.25) is 0 Å². The van der Waals surface area contributed by atoms with Gasteiger partial charge in [-0.15, -0.1) is 11.3 Å². The van der Waals surface area contributed by atoms with E-state index in [-0.39, 0.29) is 11.9 Å². The van der Waals surface area contributed by atoms with Gasteiger partial charge in [-0.2, -0.15) is 0 Å². The molecule has 1 amide bonds. The molecular formula is C16H20N2OS. The third kappa shape index (κ3) is 3.67. The Bertz CT molecular complexity index is 564. The number of rotatable bonds is 5. The summed E-state index contributed by atoms with van der Waals surface area (Å²) in [6, 6.07) is 7.64. The Balaban J connectivity index is 2.16. The molecule has 1 atom stereocenters. The Morgan fingerprint density at radius 2 is 2.10 bits per heavy atom. The Morgan fingerprint density at radius 1 is 1.35 bits per heavy atom. The van der Waals surface area contributed by atoms with Crippen molar-refractivity contribution in [2.75, 3.05) is 0 Å². The van der Waals surface area contributed by atoms with Gasteiger partial charge in [0.2, 0.25) is 0 Å². The molecule has 1 heterocycles. The summed E-state index contributed by atoms with van der Waals surface area (Å²) in [6.45, 7) is 6.26. The van der Waals surface area contributed by atoms with Crippen molar-refractivity contribution in [1.29, 1.82) is 0 Å². The summed E-state index contributed by atoms with van der Waals surface area (Å²) >= 11 is 1.59. The third-order valence-corrected chi connectivity index (χ3v) is 4.04. The molecule has 0 spiro atoms. The SMILES string of the molecule is Cc1ccccc1C(=O)NC(CC(C)C)c1nccs1. The molecule has 3 nitrogen and oxygen atoms in total. The summed E-state index contributed by atoms with van der Waals surface area (Å²) in [5, 5.41) is 6.04. The van der Waals surface area contributed by atoms with E-state index in [0.29, 0.717) is 5.92 Å². The molecule has 2 rings (SSSR count). The normalized spacial score (nSPS) is 12.4. The van der Waals surface area contributed by atoms with Crippen LogP contribution < -0.4 is 5.32 Å². The molecular weight excluding hydrogens is 268 g/mol. The van der Waals surface area contributed by atoms with Gasteiger partial charge in [0.05, 0.1) is 6.04 Å². The van der Waals surface area contributed by atoms with E-state index in [4.69, 9.17) is 0 Å². The fourth-order valence-electron chi connectivity index (χ4n) is 2.16. The number of carbonyl (C=O) groups is 1. The van der Waals surface area contributed by atoms with Crippen molar-refractivity contribution in [2.24, 2.45) is 5.92 Å². The summed E-state index contributed by atoms with van der Waals surface area (Å²) in [4.78, 5) is 16.8. The van der Waals surface area contributed by atoms with Crippen LogP contribution in [0.1, 0.15) is 47.2 Å². The van der Waals surface area contributed by atoms with Gasteiger partial charge in [-0.1, -0.05) is 32.0 Å². The zero-order valence-corrected chi connectivity index (χ0v) is 12.9. The summed E-state index contributed by atoms with van der Waals surface area (Å²) in [7, 11) is 0. The number of aryl methyl sites for hydroxylation is 1. The van der Waals surface area contributed by atoms with Crippen molar-refractivity contribution in [3.05, 3.63) is 52.0 Å². The Hall–Kier alpha value is -1.68. The van der Waals surface area contributed by atoms with Crippen LogP contribution in [-0.4, -0.2) is 10.9 Å². The van der Waals surface area contributed by atoms with E-state index in [1.807, 2.05) is 36.6 Å². The lowest BCUT2D eigenvalue weighted by Gasteiger charge is -2.19. The topological polar surface area (TPSA) is 42.0 Å². The molecule has 1 aromatic heterocycles. The number of carbonyl (C=O) groups excluding carboxylic acids is 1. The van der Waals surface area contributed by atoms with Crippen molar-refractivity contribution < 1.29 is 4.79 Å². The number of hydrogen-bond acceptors (Lipinski definition) is 3. The second-order valence-corrected chi connectivity index (χ2v) is 6.27. The van der Waals surface area contributed by atoms with Gasteiger partial charge in [-0.25, -0.2) is 4.98 Å². The van der Waals surface area contributed by atoms with Gasteiger partial charge in [0.15, 0.2) is 0 Å². The van der Waals surface area contributed by atoms with Crippen LogP contribution >= 0.6 is 11.3 Å². The molecule has 1 unspecified atom stereocenters. The first-order chi connectivity index (χ1) is 9.58. The number of nitrogens with one attached hydrogen (secondary N) is 1. The van der Waals surface area contributed by atoms with E-state index in [9.17, 15) is 4.79 Å². The van der Waals surface area contributed by atoms with Crippen LogP contribution in [0.25, 0.3) is 0 Å². The highest BCUT2D eigenvalue weighted by atomic mass is 32.1. The largest absolute Gasteiger partial charge is 0.343 e. The summed E-state index contributed by atoms with van der Waals surface area (Å²) in [6.07, 6.45) is 2.68. The van der Waals surface area contributed by atoms with Crippen molar-refractivity contribution in [3.8, 4) is 0 Å². The summed E-state index contributed by atoms with van der Waals surface area (Å²) < 4.78 is 0. The fraction of sp³-hybridized carbons (Fsp3) is 0.375. The predicted molar refractivity (Wildman–Crippen MR) is 83.0 cm³/mol. The van der Waals surface area contributed by atoms with E-state index in [0.717, 1.165) is 22.6 Å². The summed E-state index contributed by atoms with van der Waals surface area (Å²) in [5.74, 6) is 0.477. The lowest BCUT2D eigenvalue weighted by molar-refractivity contribution is 0.0931. The van der Waals surface area contributed by atoms with Crippen molar-refractivity contribution in [2.45, 2.75) is 33.2 Å². The lowest BCUT2D eigenvalue weighted by atomic mass is 10.0. The Kier molecular flexibility index (Phi) is 4.90. The maximum atomic E-state index is 12.4. The van der Waals surface area contributed by atoms with Gasteiger partial charge < -0.3 is 5.32 Å². The molecule has 0 fully saturated rings. The molecule has 0 aliphatic carbocycles. The first kappa shape index (κ1) is 14.7. The van der Waals surface area contributed by atoms with E-state index in [1.54, 1.807) is 17.5 Å². The maximum Gasteiger partial charge on any atom is 0.252 e. The van der Waals surface area contributed by atoms with Gasteiger partial charge in [0.1, 0.15) is 5.01 Å².